The number of para-hydroxylation sites is 1. The zero-order chi connectivity index (χ0) is 21.3. The summed E-state index contributed by atoms with van der Waals surface area (Å²) >= 11 is 6.36. The highest BCUT2D eigenvalue weighted by atomic mass is 35.5. The van der Waals surface area contributed by atoms with E-state index in [4.69, 9.17) is 16.3 Å². The number of hydrogen-bond acceptors (Lipinski definition) is 5. The molecule has 3 aromatic rings. The van der Waals surface area contributed by atoms with Crippen LogP contribution in [-0.4, -0.2) is 27.7 Å². The average Bonchev–Trinajstić information content (AvgIpc) is 3.13. The van der Waals surface area contributed by atoms with E-state index < -0.39 is 10.8 Å². The van der Waals surface area contributed by atoms with Gasteiger partial charge in [0.15, 0.2) is 5.69 Å². The molecule has 4 rings (SSSR count). The van der Waals surface area contributed by atoms with Gasteiger partial charge in [0.1, 0.15) is 5.75 Å². The number of carbonyl (C=O) groups excluding carboxylic acids is 1. The number of hydrogen-bond donors (Lipinski definition) is 1. The molecule has 2 aromatic carbocycles. The number of nitrogens with one attached hydrogen (secondary N) is 1. The highest BCUT2D eigenvalue weighted by Crippen LogP contribution is 2.32. The van der Waals surface area contributed by atoms with E-state index >= 15 is 0 Å². The van der Waals surface area contributed by atoms with Crippen molar-refractivity contribution in [2.45, 2.75) is 25.7 Å². The smallest absolute Gasteiger partial charge is 0.276 e. The van der Waals surface area contributed by atoms with Crippen molar-refractivity contribution >= 4 is 28.9 Å². The molecule has 1 amide bonds. The number of nitro benzene ring substituents is 1. The van der Waals surface area contributed by atoms with Crippen molar-refractivity contribution in [3.8, 4) is 11.4 Å². The first-order valence-corrected chi connectivity index (χ1v) is 9.87. The molecule has 0 radical (unpaired) electrons. The number of halogens is 1. The predicted molar refractivity (Wildman–Crippen MR) is 113 cm³/mol. The van der Waals surface area contributed by atoms with Crippen molar-refractivity contribution in [2.75, 3.05) is 12.4 Å². The number of carbonyl (C=O) groups is 1. The molecule has 1 aliphatic carbocycles. The summed E-state index contributed by atoms with van der Waals surface area (Å²) in [6, 6.07) is 11.4. The van der Waals surface area contributed by atoms with E-state index in [1.807, 2.05) is 18.2 Å². The van der Waals surface area contributed by atoms with Crippen LogP contribution in [0.5, 0.6) is 5.75 Å². The van der Waals surface area contributed by atoms with Crippen molar-refractivity contribution in [3.05, 3.63) is 74.6 Å². The molecule has 0 saturated carbocycles. The van der Waals surface area contributed by atoms with Gasteiger partial charge in [-0.05, 0) is 43.9 Å². The van der Waals surface area contributed by atoms with E-state index in [0.717, 1.165) is 36.9 Å². The Bertz CT molecular complexity index is 1140. The van der Waals surface area contributed by atoms with Crippen LogP contribution in [0.3, 0.4) is 0 Å². The Kier molecular flexibility index (Phi) is 5.41. The fourth-order valence-corrected chi connectivity index (χ4v) is 3.91. The zero-order valence-electron chi connectivity index (χ0n) is 16.2. The number of fused-ring (bicyclic) bond motifs is 1. The van der Waals surface area contributed by atoms with Crippen LogP contribution in [0, 0.1) is 10.1 Å². The van der Waals surface area contributed by atoms with Gasteiger partial charge in [-0.2, -0.15) is 5.10 Å². The fourth-order valence-electron chi connectivity index (χ4n) is 3.69. The second kappa shape index (κ2) is 8.16. The Morgan fingerprint density at radius 1 is 1.23 bits per heavy atom. The average molecular weight is 427 g/mol. The Morgan fingerprint density at radius 2 is 2.00 bits per heavy atom. The van der Waals surface area contributed by atoms with Gasteiger partial charge < -0.3 is 10.1 Å². The van der Waals surface area contributed by atoms with Crippen LogP contribution in [0.4, 0.5) is 11.4 Å². The molecule has 1 N–H and O–H groups in total. The summed E-state index contributed by atoms with van der Waals surface area (Å²) in [4.78, 5) is 23.7. The SMILES string of the molecule is COc1ccc([N+](=O)[O-])cc1NC(=O)c1nn(-c2ccccc2Cl)c2c1CCCC2. The van der Waals surface area contributed by atoms with Gasteiger partial charge >= 0.3 is 0 Å². The van der Waals surface area contributed by atoms with E-state index in [1.165, 1.54) is 25.3 Å². The van der Waals surface area contributed by atoms with Crippen LogP contribution in [0.15, 0.2) is 42.5 Å². The van der Waals surface area contributed by atoms with E-state index in [0.29, 0.717) is 16.5 Å². The van der Waals surface area contributed by atoms with Crippen LogP contribution < -0.4 is 10.1 Å². The molecule has 1 heterocycles. The Morgan fingerprint density at radius 3 is 2.73 bits per heavy atom. The molecule has 30 heavy (non-hydrogen) atoms. The van der Waals surface area contributed by atoms with Crippen LogP contribution in [-0.2, 0) is 12.8 Å². The molecule has 0 atom stereocenters. The van der Waals surface area contributed by atoms with Gasteiger partial charge in [-0.1, -0.05) is 23.7 Å². The van der Waals surface area contributed by atoms with Crippen molar-refractivity contribution in [1.82, 2.24) is 9.78 Å². The summed E-state index contributed by atoms with van der Waals surface area (Å²) in [6.45, 7) is 0. The molecule has 0 fully saturated rings. The Hall–Kier alpha value is -3.39. The summed E-state index contributed by atoms with van der Waals surface area (Å²) in [5, 5.41) is 19.0. The lowest BCUT2D eigenvalue weighted by Crippen LogP contribution is -2.16. The Labute approximate surface area is 177 Å². The van der Waals surface area contributed by atoms with Gasteiger partial charge in [0.25, 0.3) is 11.6 Å². The number of benzene rings is 2. The lowest BCUT2D eigenvalue weighted by Gasteiger charge is -2.15. The largest absolute Gasteiger partial charge is 0.495 e. The monoisotopic (exact) mass is 426 g/mol. The van der Waals surface area contributed by atoms with Crippen molar-refractivity contribution in [3.63, 3.8) is 0 Å². The lowest BCUT2D eigenvalue weighted by molar-refractivity contribution is -0.384. The van der Waals surface area contributed by atoms with Gasteiger partial charge in [-0.15, -0.1) is 0 Å². The topological polar surface area (TPSA) is 99.3 Å². The third kappa shape index (κ3) is 3.61. The van der Waals surface area contributed by atoms with Gasteiger partial charge in [0.2, 0.25) is 0 Å². The summed E-state index contributed by atoms with van der Waals surface area (Å²) in [5.74, 6) is -0.119. The fraction of sp³-hybridized carbons (Fsp3) is 0.238. The van der Waals surface area contributed by atoms with E-state index in [1.54, 1.807) is 10.7 Å². The van der Waals surface area contributed by atoms with Gasteiger partial charge in [0.05, 0.1) is 28.4 Å². The number of aromatic nitrogens is 2. The summed E-state index contributed by atoms with van der Waals surface area (Å²) in [5.41, 5.74) is 2.92. The molecule has 0 saturated heterocycles. The zero-order valence-corrected chi connectivity index (χ0v) is 17.0. The minimum absolute atomic E-state index is 0.144. The minimum Gasteiger partial charge on any atom is -0.495 e. The number of nitrogens with zero attached hydrogens (tertiary/aromatic N) is 3. The normalized spacial score (nSPS) is 12.9. The van der Waals surface area contributed by atoms with Gasteiger partial charge in [-0.3, -0.25) is 14.9 Å². The highest BCUT2D eigenvalue weighted by Gasteiger charge is 2.27. The van der Waals surface area contributed by atoms with E-state index in [2.05, 4.69) is 10.4 Å². The van der Waals surface area contributed by atoms with Crippen molar-refractivity contribution in [1.29, 1.82) is 0 Å². The highest BCUT2D eigenvalue weighted by molar-refractivity contribution is 6.32. The molecule has 8 nitrogen and oxygen atoms in total. The lowest BCUT2D eigenvalue weighted by atomic mass is 9.95. The molecule has 1 aliphatic rings. The van der Waals surface area contributed by atoms with Crippen molar-refractivity contribution in [2.24, 2.45) is 0 Å². The van der Waals surface area contributed by atoms with E-state index in [9.17, 15) is 14.9 Å². The van der Waals surface area contributed by atoms with Crippen LogP contribution in [0.2, 0.25) is 5.02 Å². The number of methoxy groups -OCH3 is 1. The third-order valence-corrected chi connectivity index (χ3v) is 5.44. The molecule has 0 aliphatic heterocycles. The number of rotatable bonds is 5. The number of non-ortho nitro benzene ring substituents is 1. The number of amides is 1. The first-order chi connectivity index (χ1) is 14.5. The molecule has 0 bridgehead atoms. The standard InChI is InChI=1S/C21H19ClN4O4/c1-30-19-11-10-13(26(28)29)12-16(19)23-21(27)20-14-6-2-4-8-17(14)25(24-20)18-9-5-3-7-15(18)22/h3,5,7,9-12H,2,4,6,8H2,1H3,(H,23,27). The van der Waals surface area contributed by atoms with Gasteiger partial charge in [-0.25, -0.2) is 4.68 Å². The first kappa shape index (κ1) is 19.9. The molecule has 0 spiro atoms. The summed E-state index contributed by atoms with van der Waals surface area (Å²) in [7, 11) is 1.44. The molecule has 9 heteroatoms. The molecule has 0 unspecified atom stereocenters. The number of anilines is 1. The first-order valence-electron chi connectivity index (χ1n) is 9.49. The molecule has 1 aromatic heterocycles. The quantitative estimate of drug-likeness (QED) is 0.475. The predicted octanol–water partition coefficient (Wildman–Crippen LogP) is 4.57. The second-order valence-electron chi connectivity index (χ2n) is 6.94. The third-order valence-electron chi connectivity index (χ3n) is 5.12. The number of ether oxygens (including phenoxy) is 1. The number of nitro groups is 1. The maximum atomic E-state index is 13.1. The summed E-state index contributed by atoms with van der Waals surface area (Å²) < 4.78 is 6.97. The van der Waals surface area contributed by atoms with Gasteiger partial charge in [0, 0.05) is 23.4 Å². The Balaban J connectivity index is 1.75. The van der Waals surface area contributed by atoms with Crippen LogP contribution in [0.25, 0.3) is 5.69 Å². The maximum absolute atomic E-state index is 13.1. The second-order valence-corrected chi connectivity index (χ2v) is 7.35. The molecule has 154 valence electrons. The van der Waals surface area contributed by atoms with E-state index in [-0.39, 0.29) is 17.1 Å². The summed E-state index contributed by atoms with van der Waals surface area (Å²) in [6.07, 6.45) is 3.49. The molecular weight excluding hydrogens is 408 g/mol. The van der Waals surface area contributed by atoms with Crippen molar-refractivity contribution < 1.29 is 14.5 Å². The maximum Gasteiger partial charge on any atom is 0.276 e. The minimum atomic E-state index is -0.525. The van der Waals surface area contributed by atoms with Crippen LogP contribution in [0.1, 0.15) is 34.6 Å². The van der Waals surface area contributed by atoms with Crippen LogP contribution >= 0.6 is 11.6 Å². The molecular formula is C21H19ClN4O4.